The maximum atomic E-state index is 12.4. The molecule has 0 aliphatic carbocycles. The Labute approximate surface area is 141 Å². The van der Waals surface area contributed by atoms with Crippen LogP contribution in [0.2, 0.25) is 0 Å². The van der Waals surface area contributed by atoms with Crippen molar-refractivity contribution in [2.24, 2.45) is 0 Å². The number of rotatable bonds is 3. The Morgan fingerprint density at radius 3 is 2.64 bits per heavy atom. The van der Waals surface area contributed by atoms with Gasteiger partial charge in [0, 0.05) is 36.6 Å². The monoisotopic (exact) mass is 352 g/mol. The minimum absolute atomic E-state index is 0.0426. The number of amides is 2. The summed E-state index contributed by atoms with van der Waals surface area (Å²) in [5.74, 6) is -0.478. The molecule has 9 heteroatoms. The molecular formula is C16H15F3N4O2. The fourth-order valence-corrected chi connectivity index (χ4v) is 2.61. The SMILES string of the molecule is COc1cccc2c1CN(C(=O)NCc1cnc(C(F)(F)F)nc1)C2. The molecule has 0 bridgehead atoms. The molecule has 1 aliphatic rings. The summed E-state index contributed by atoms with van der Waals surface area (Å²) in [5.41, 5.74) is 2.35. The van der Waals surface area contributed by atoms with Crippen LogP contribution in [0.1, 0.15) is 22.5 Å². The fourth-order valence-electron chi connectivity index (χ4n) is 2.61. The summed E-state index contributed by atoms with van der Waals surface area (Å²) in [5, 5.41) is 2.66. The van der Waals surface area contributed by atoms with Gasteiger partial charge in [0.1, 0.15) is 5.75 Å². The van der Waals surface area contributed by atoms with Gasteiger partial charge < -0.3 is 15.0 Å². The Morgan fingerprint density at radius 2 is 2.00 bits per heavy atom. The van der Waals surface area contributed by atoms with Crippen LogP contribution in [0.3, 0.4) is 0 Å². The van der Waals surface area contributed by atoms with E-state index >= 15 is 0 Å². The first-order valence-corrected chi connectivity index (χ1v) is 7.44. The first-order valence-electron chi connectivity index (χ1n) is 7.44. The van der Waals surface area contributed by atoms with Crippen LogP contribution in [0.5, 0.6) is 5.75 Å². The standard InChI is InChI=1S/C16H15F3N4O2/c1-25-13-4-2-3-11-8-23(9-12(11)13)15(24)22-7-10-5-20-14(21-6-10)16(17,18)19/h2-6H,7-9H2,1H3,(H,22,24). The third-order valence-corrected chi connectivity index (χ3v) is 3.85. The lowest BCUT2D eigenvalue weighted by atomic mass is 10.1. The van der Waals surface area contributed by atoms with Crippen LogP contribution in [0.25, 0.3) is 0 Å². The number of urea groups is 1. The predicted molar refractivity (Wildman–Crippen MR) is 81.5 cm³/mol. The Hall–Kier alpha value is -2.84. The number of nitrogens with zero attached hydrogens (tertiary/aromatic N) is 3. The van der Waals surface area contributed by atoms with Gasteiger partial charge >= 0.3 is 12.2 Å². The van der Waals surface area contributed by atoms with Crippen LogP contribution in [0.4, 0.5) is 18.0 Å². The number of methoxy groups -OCH3 is 1. The van der Waals surface area contributed by atoms with E-state index in [1.807, 2.05) is 18.2 Å². The molecule has 2 aromatic rings. The highest BCUT2D eigenvalue weighted by Gasteiger charge is 2.34. The Morgan fingerprint density at radius 1 is 1.28 bits per heavy atom. The van der Waals surface area contributed by atoms with Crippen LogP contribution in [-0.2, 0) is 25.8 Å². The average Bonchev–Trinajstić information content (AvgIpc) is 3.03. The molecule has 1 aromatic heterocycles. The molecule has 0 radical (unpaired) electrons. The smallest absolute Gasteiger partial charge is 0.451 e. The molecule has 0 spiro atoms. The Bertz CT molecular complexity index is 778. The highest BCUT2D eigenvalue weighted by Crippen LogP contribution is 2.30. The lowest BCUT2D eigenvalue weighted by Crippen LogP contribution is -2.36. The molecule has 3 rings (SSSR count). The van der Waals surface area contributed by atoms with Crippen molar-refractivity contribution in [3.8, 4) is 5.75 Å². The topological polar surface area (TPSA) is 67.3 Å². The summed E-state index contributed by atoms with van der Waals surface area (Å²) in [6.07, 6.45) is -2.47. The number of hydrogen-bond acceptors (Lipinski definition) is 4. The van der Waals surface area contributed by atoms with Crippen molar-refractivity contribution in [3.05, 3.63) is 53.1 Å². The summed E-state index contributed by atoms with van der Waals surface area (Å²) in [4.78, 5) is 20.4. The Kier molecular flexibility index (Phi) is 4.47. The largest absolute Gasteiger partial charge is 0.496 e. The van der Waals surface area contributed by atoms with Crippen LogP contribution in [0.15, 0.2) is 30.6 Å². The minimum Gasteiger partial charge on any atom is -0.496 e. The van der Waals surface area contributed by atoms with E-state index in [4.69, 9.17) is 4.74 Å². The molecule has 0 atom stereocenters. The number of fused-ring (bicyclic) bond motifs is 1. The molecule has 0 unspecified atom stereocenters. The van der Waals surface area contributed by atoms with Crippen LogP contribution in [0, 0.1) is 0 Å². The Balaban J connectivity index is 1.59. The first kappa shape index (κ1) is 17.0. The van der Waals surface area contributed by atoms with Gasteiger partial charge in [-0.1, -0.05) is 12.1 Å². The van der Waals surface area contributed by atoms with E-state index in [0.29, 0.717) is 18.7 Å². The predicted octanol–water partition coefficient (Wildman–Crippen LogP) is 2.73. The fraction of sp³-hybridized carbons (Fsp3) is 0.312. The van der Waals surface area contributed by atoms with Crippen molar-refractivity contribution >= 4 is 6.03 Å². The second kappa shape index (κ2) is 6.58. The molecule has 1 aliphatic heterocycles. The van der Waals surface area contributed by atoms with E-state index in [1.54, 1.807) is 12.0 Å². The highest BCUT2D eigenvalue weighted by atomic mass is 19.4. The molecule has 0 fully saturated rings. The number of benzene rings is 1. The van der Waals surface area contributed by atoms with Gasteiger partial charge in [-0.05, 0) is 11.6 Å². The van der Waals surface area contributed by atoms with Gasteiger partial charge in [-0.25, -0.2) is 14.8 Å². The minimum atomic E-state index is -4.58. The molecular weight excluding hydrogens is 337 g/mol. The van der Waals surface area contributed by atoms with Crippen LogP contribution < -0.4 is 10.1 Å². The highest BCUT2D eigenvalue weighted by molar-refractivity contribution is 5.75. The second-order valence-corrected chi connectivity index (χ2v) is 5.53. The second-order valence-electron chi connectivity index (χ2n) is 5.53. The zero-order chi connectivity index (χ0) is 18.0. The summed E-state index contributed by atoms with van der Waals surface area (Å²) in [6, 6.07) is 5.30. The number of ether oxygens (including phenoxy) is 1. The van der Waals surface area contributed by atoms with E-state index in [9.17, 15) is 18.0 Å². The number of nitrogens with one attached hydrogen (secondary N) is 1. The summed E-state index contributed by atoms with van der Waals surface area (Å²) in [7, 11) is 1.57. The van der Waals surface area contributed by atoms with E-state index in [0.717, 1.165) is 29.3 Å². The average molecular weight is 352 g/mol. The molecule has 132 valence electrons. The summed E-state index contributed by atoms with van der Waals surface area (Å²) < 4.78 is 42.5. The molecule has 6 nitrogen and oxygen atoms in total. The van der Waals surface area contributed by atoms with Gasteiger partial charge in [0.2, 0.25) is 5.82 Å². The van der Waals surface area contributed by atoms with Crippen LogP contribution in [-0.4, -0.2) is 28.0 Å². The zero-order valence-electron chi connectivity index (χ0n) is 13.3. The molecule has 25 heavy (non-hydrogen) atoms. The normalized spacial score (nSPS) is 13.5. The van der Waals surface area contributed by atoms with Crippen molar-refractivity contribution in [2.75, 3.05) is 7.11 Å². The third kappa shape index (κ3) is 3.65. The van der Waals surface area contributed by atoms with E-state index in [1.165, 1.54) is 0 Å². The number of alkyl halides is 3. The first-order chi connectivity index (χ1) is 11.9. The summed E-state index contributed by atoms with van der Waals surface area (Å²) >= 11 is 0. The summed E-state index contributed by atoms with van der Waals surface area (Å²) in [6.45, 7) is 0.900. The zero-order valence-corrected chi connectivity index (χ0v) is 13.3. The maximum Gasteiger partial charge on any atom is 0.451 e. The van der Waals surface area contributed by atoms with Crippen LogP contribution >= 0.6 is 0 Å². The quantitative estimate of drug-likeness (QED) is 0.922. The number of carbonyl (C=O) groups is 1. The van der Waals surface area contributed by atoms with Gasteiger partial charge in [-0.2, -0.15) is 13.2 Å². The van der Waals surface area contributed by atoms with Crippen molar-refractivity contribution in [1.29, 1.82) is 0 Å². The van der Waals surface area contributed by atoms with Gasteiger partial charge in [-0.15, -0.1) is 0 Å². The molecule has 1 N–H and O–H groups in total. The lowest BCUT2D eigenvalue weighted by Gasteiger charge is -2.16. The van der Waals surface area contributed by atoms with E-state index < -0.39 is 12.0 Å². The molecule has 2 amide bonds. The number of halogens is 3. The van der Waals surface area contributed by atoms with Gasteiger partial charge in [0.15, 0.2) is 0 Å². The van der Waals surface area contributed by atoms with Crippen molar-refractivity contribution in [2.45, 2.75) is 25.8 Å². The van der Waals surface area contributed by atoms with E-state index in [-0.39, 0.29) is 12.6 Å². The van der Waals surface area contributed by atoms with Crippen molar-refractivity contribution in [1.82, 2.24) is 20.2 Å². The molecule has 0 saturated carbocycles. The molecule has 1 aromatic carbocycles. The van der Waals surface area contributed by atoms with Gasteiger partial charge in [0.25, 0.3) is 0 Å². The van der Waals surface area contributed by atoms with Gasteiger partial charge in [-0.3, -0.25) is 0 Å². The van der Waals surface area contributed by atoms with Crippen molar-refractivity contribution in [3.63, 3.8) is 0 Å². The third-order valence-electron chi connectivity index (χ3n) is 3.85. The maximum absolute atomic E-state index is 12.4. The van der Waals surface area contributed by atoms with E-state index in [2.05, 4.69) is 15.3 Å². The number of hydrogen-bond donors (Lipinski definition) is 1. The number of carbonyl (C=O) groups excluding carboxylic acids is 1. The van der Waals surface area contributed by atoms with Crippen molar-refractivity contribution < 1.29 is 22.7 Å². The van der Waals surface area contributed by atoms with Gasteiger partial charge in [0.05, 0.1) is 13.7 Å². The molecule has 0 saturated heterocycles. The lowest BCUT2D eigenvalue weighted by molar-refractivity contribution is -0.145. The molecule has 2 heterocycles. The number of aromatic nitrogens is 2.